The van der Waals surface area contributed by atoms with Crippen LogP contribution >= 0.6 is 11.6 Å². The molecule has 0 spiro atoms. The standard InChI is InChI=1S/C18H16ClF3O3S/c1-17(2,26(24,25)15-9-7-14(19)8-10-15)16(23)11-12-3-5-13(6-4-12)18(20,21)22/h3-10H,11H2,1-2H3. The highest BCUT2D eigenvalue weighted by atomic mass is 35.5. The zero-order valence-corrected chi connectivity index (χ0v) is 15.5. The van der Waals surface area contributed by atoms with Crippen molar-refractivity contribution < 1.29 is 26.4 Å². The average Bonchev–Trinajstić information content (AvgIpc) is 2.54. The van der Waals surface area contributed by atoms with Crippen molar-refractivity contribution in [1.29, 1.82) is 0 Å². The molecule has 2 aromatic carbocycles. The Morgan fingerprint density at radius 2 is 1.46 bits per heavy atom. The van der Waals surface area contributed by atoms with Gasteiger partial charge in [-0.2, -0.15) is 13.2 Å². The fourth-order valence-electron chi connectivity index (χ4n) is 2.27. The van der Waals surface area contributed by atoms with Gasteiger partial charge in [-0.3, -0.25) is 4.79 Å². The largest absolute Gasteiger partial charge is 0.416 e. The van der Waals surface area contributed by atoms with Gasteiger partial charge in [0.2, 0.25) is 0 Å². The number of Topliss-reactive ketones (excluding diaryl/α,β-unsaturated/α-hetero) is 1. The van der Waals surface area contributed by atoms with Crippen molar-refractivity contribution >= 4 is 27.2 Å². The highest BCUT2D eigenvalue weighted by Gasteiger charge is 2.42. The van der Waals surface area contributed by atoms with Crippen LogP contribution in [0.5, 0.6) is 0 Å². The van der Waals surface area contributed by atoms with E-state index in [9.17, 15) is 26.4 Å². The number of hydrogen-bond donors (Lipinski definition) is 0. The van der Waals surface area contributed by atoms with Crippen LogP contribution in [0.15, 0.2) is 53.4 Å². The summed E-state index contributed by atoms with van der Waals surface area (Å²) in [7, 11) is -3.99. The van der Waals surface area contributed by atoms with Gasteiger partial charge in [0.05, 0.1) is 10.5 Å². The molecule has 3 nitrogen and oxygen atoms in total. The second-order valence-corrected chi connectivity index (χ2v) is 9.20. The lowest BCUT2D eigenvalue weighted by atomic mass is 9.99. The van der Waals surface area contributed by atoms with Crippen molar-refractivity contribution in [2.75, 3.05) is 0 Å². The molecule has 0 bridgehead atoms. The van der Waals surface area contributed by atoms with Gasteiger partial charge in [0, 0.05) is 11.4 Å². The molecule has 0 saturated carbocycles. The number of halogens is 4. The van der Waals surface area contributed by atoms with E-state index in [1.807, 2.05) is 0 Å². The summed E-state index contributed by atoms with van der Waals surface area (Å²) < 4.78 is 61.6. The smallest absolute Gasteiger partial charge is 0.298 e. The van der Waals surface area contributed by atoms with E-state index in [4.69, 9.17) is 11.6 Å². The van der Waals surface area contributed by atoms with Gasteiger partial charge < -0.3 is 0 Å². The molecule has 0 aromatic heterocycles. The Kier molecular flexibility index (Phi) is 5.54. The Morgan fingerprint density at radius 1 is 0.962 bits per heavy atom. The first-order valence-electron chi connectivity index (χ1n) is 7.55. The van der Waals surface area contributed by atoms with Gasteiger partial charge in [0.25, 0.3) is 0 Å². The molecule has 2 aromatic rings. The maximum Gasteiger partial charge on any atom is 0.416 e. The number of carbonyl (C=O) groups is 1. The first-order chi connectivity index (χ1) is 11.9. The number of sulfone groups is 1. The van der Waals surface area contributed by atoms with Crippen molar-refractivity contribution in [3.63, 3.8) is 0 Å². The maximum absolute atomic E-state index is 12.8. The van der Waals surface area contributed by atoms with Crippen LogP contribution in [-0.4, -0.2) is 18.9 Å². The number of alkyl halides is 3. The summed E-state index contributed by atoms with van der Waals surface area (Å²) in [5.74, 6) is -0.618. The quantitative estimate of drug-likeness (QED) is 0.724. The zero-order valence-electron chi connectivity index (χ0n) is 14.0. The molecule has 0 atom stereocenters. The summed E-state index contributed by atoms with van der Waals surface area (Å²) in [5, 5.41) is 0.359. The van der Waals surface area contributed by atoms with E-state index in [0.29, 0.717) is 10.6 Å². The second-order valence-electron chi connectivity index (χ2n) is 6.26. The molecule has 2 rings (SSSR count). The summed E-state index contributed by atoms with van der Waals surface area (Å²) >= 11 is 5.75. The van der Waals surface area contributed by atoms with E-state index in [1.54, 1.807) is 0 Å². The molecule has 0 saturated heterocycles. The molecule has 8 heteroatoms. The Morgan fingerprint density at radius 3 is 1.92 bits per heavy atom. The second kappa shape index (κ2) is 7.04. The summed E-state index contributed by atoms with van der Waals surface area (Å²) in [6.07, 6.45) is -4.77. The van der Waals surface area contributed by atoms with Gasteiger partial charge in [-0.05, 0) is 55.8 Å². The van der Waals surface area contributed by atoms with Crippen molar-refractivity contribution in [2.24, 2.45) is 0 Å². The fraction of sp³-hybridized carbons (Fsp3) is 0.278. The topological polar surface area (TPSA) is 51.2 Å². The van der Waals surface area contributed by atoms with Crippen LogP contribution in [0, 0.1) is 0 Å². The lowest BCUT2D eigenvalue weighted by molar-refractivity contribution is -0.137. The van der Waals surface area contributed by atoms with E-state index in [0.717, 1.165) is 12.1 Å². The number of benzene rings is 2. The van der Waals surface area contributed by atoms with Crippen LogP contribution in [0.3, 0.4) is 0 Å². The SMILES string of the molecule is CC(C)(C(=O)Cc1ccc(C(F)(F)F)cc1)S(=O)(=O)c1ccc(Cl)cc1. The molecule has 0 radical (unpaired) electrons. The first-order valence-corrected chi connectivity index (χ1v) is 9.41. The van der Waals surface area contributed by atoms with Crippen LogP contribution in [0.1, 0.15) is 25.0 Å². The van der Waals surface area contributed by atoms with Crippen molar-refractivity contribution in [3.05, 3.63) is 64.7 Å². The minimum absolute atomic E-state index is 0.0485. The van der Waals surface area contributed by atoms with Crippen molar-refractivity contribution in [1.82, 2.24) is 0 Å². The Labute approximate surface area is 154 Å². The summed E-state index contributed by atoms with van der Waals surface area (Å²) in [6.45, 7) is 2.56. The van der Waals surface area contributed by atoms with Gasteiger partial charge in [0.15, 0.2) is 15.6 Å². The zero-order chi connectivity index (χ0) is 19.8. The van der Waals surface area contributed by atoms with E-state index >= 15 is 0 Å². The highest BCUT2D eigenvalue weighted by molar-refractivity contribution is 7.93. The molecule has 140 valence electrons. The number of rotatable bonds is 5. The van der Waals surface area contributed by atoms with Crippen LogP contribution in [0.4, 0.5) is 13.2 Å². The molecule has 0 fully saturated rings. The number of ketones is 1. The van der Waals surface area contributed by atoms with Crippen LogP contribution in [0.25, 0.3) is 0 Å². The van der Waals surface area contributed by atoms with Crippen LogP contribution < -0.4 is 0 Å². The molecule has 0 aliphatic carbocycles. The van der Waals surface area contributed by atoms with Gasteiger partial charge in [-0.15, -0.1) is 0 Å². The Balaban J connectivity index is 2.25. The molecule has 0 unspecified atom stereocenters. The summed E-state index contributed by atoms with van der Waals surface area (Å²) in [6, 6.07) is 9.51. The van der Waals surface area contributed by atoms with E-state index in [2.05, 4.69) is 0 Å². The van der Waals surface area contributed by atoms with Gasteiger partial charge in [-0.1, -0.05) is 23.7 Å². The van der Waals surface area contributed by atoms with Gasteiger partial charge in [-0.25, -0.2) is 8.42 Å². The molecule has 0 N–H and O–H groups in total. The van der Waals surface area contributed by atoms with Crippen molar-refractivity contribution in [3.8, 4) is 0 Å². The van der Waals surface area contributed by atoms with Gasteiger partial charge in [0.1, 0.15) is 4.75 Å². The third kappa shape index (κ3) is 4.10. The minimum Gasteiger partial charge on any atom is -0.298 e. The Bertz CT molecular complexity index is 900. The molecule has 0 aliphatic heterocycles. The average molecular weight is 405 g/mol. The normalized spacial score (nSPS) is 12.8. The van der Waals surface area contributed by atoms with Crippen LogP contribution in [0.2, 0.25) is 5.02 Å². The molecule has 0 heterocycles. The van der Waals surface area contributed by atoms with Gasteiger partial charge >= 0.3 is 6.18 Å². The minimum atomic E-state index is -4.47. The number of hydrogen-bond acceptors (Lipinski definition) is 3. The fourth-order valence-corrected chi connectivity index (χ4v) is 3.85. The maximum atomic E-state index is 12.8. The number of carbonyl (C=O) groups excluding carboxylic acids is 1. The molecule has 26 heavy (non-hydrogen) atoms. The lowest BCUT2D eigenvalue weighted by Gasteiger charge is -2.23. The lowest BCUT2D eigenvalue weighted by Crippen LogP contribution is -2.41. The molecular formula is C18H16ClF3O3S. The monoisotopic (exact) mass is 404 g/mol. The molecule has 0 amide bonds. The highest BCUT2D eigenvalue weighted by Crippen LogP contribution is 2.31. The van der Waals surface area contributed by atoms with E-state index in [1.165, 1.54) is 50.2 Å². The van der Waals surface area contributed by atoms with E-state index < -0.39 is 32.1 Å². The van der Waals surface area contributed by atoms with Crippen molar-refractivity contribution in [2.45, 2.75) is 36.1 Å². The first kappa shape index (κ1) is 20.5. The predicted molar refractivity (Wildman–Crippen MR) is 92.9 cm³/mol. The molecular weight excluding hydrogens is 389 g/mol. The summed E-state index contributed by atoms with van der Waals surface area (Å²) in [4.78, 5) is 12.5. The summed E-state index contributed by atoms with van der Waals surface area (Å²) in [5.41, 5.74) is -0.524. The van der Waals surface area contributed by atoms with E-state index in [-0.39, 0.29) is 11.3 Å². The van der Waals surface area contributed by atoms with Crippen LogP contribution in [-0.2, 0) is 27.2 Å². The third-order valence-corrected chi connectivity index (χ3v) is 6.83. The molecule has 0 aliphatic rings. The Hall–Kier alpha value is -1.86. The third-order valence-electron chi connectivity index (χ3n) is 4.11. The predicted octanol–water partition coefficient (Wildman–Crippen LogP) is 4.72.